The summed E-state index contributed by atoms with van der Waals surface area (Å²) >= 11 is 0. The van der Waals surface area contributed by atoms with Crippen molar-refractivity contribution in [1.82, 2.24) is 5.32 Å². The van der Waals surface area contributed by atoms with Crippen molar-refractivity contribution in [1.29, 1.82) is 0 Å². The van der Waals surface area contributed by atoms with Gasteiger partial charge >= 0.3 is 0 Å². The highest BCUT2D eigenvalue weighted by molar-refractivity contribution is 5.37. The monoisotopic (exact) mass is 247 g/mol. The quantitative estimate of drug-likeness (QED) is 0.827. The van der Waals surface area contributed by atoms with Crippen LogP contribution in [0.3, 0.4) is 0 Å². The molecule has 100 valence electrons. The van der Waals surface area contributed by atoms with E-state index in [0.717, 1.165) is 24.1 Å². The number of benzene rings is 1. The Labute approximate surface area is 111 Å². The Bertz CT molecular complexity index is 398. The first kappa shape index (κ1) is 13.4. The van der Waals surface area contributed by atoms with E-state index in [4.69, 9.17) is 4.74 Å². The van der Waals surface area contributed by atoms with Crippen LogP contribution >= 0.6 is 0 Å². The standard InChI is InChI=1S/C16H25NO/c1-5-17-16(12(3)13-6-7-13)15-9-8-14(18-4)10-11(15)2/h8-10,12-13,16-17H,5-7H2,1-4H3. The second kappa shape index (κ2) is 5.75. The largest absolute Gasteiger partial charge is 0.497 e. The van der Waals surface area contributed by atoms with E-state index >= 15 is 0 Å². The van der Waals surface area contributed by atoms with E-state index in [0.29, 0.717) is 6.04 Å². The first-order valence-electron chi connectivity index (χ1n) is 7.05. The van der Waals surface area contributed by atoms with Crippen LogP contribution in [-0.2, 0) is 0 Å². The van der Waals surface area contributed by atoms with Crippen LogP contribution in [0.15, 0.2) is 18.2 Å². The van der Waals surface area contributed by atoms with E-state index in [1.165, 1.54) is 24.0 Å². The zero-order chi connectivity index (χ0) is 13.1. The Morgan fingerprint density at radius 1 is 1.39 bits per heavy atom. The second-order valence-corrected chi connectivity index (χ2v) is 5.45. The number of rotatable bonds is 6. The highest BCUT2D eigenvalue weighted by Crippen LogP contribution is 2.43. The molecule has 2 heteroatoms. The number of nitrogens with one attached hydrogen (secondary N) is 1. The zero-order valence-electron chi connectivity index (χ0n) is 12.0. The molecule has 2 nitrogen and oxygen atoms in total. The van der Waals surface area contributed by atoms with Crippen LogP contribution in [0.5, 0.6) is 5.75 Å². The number of hydrogen-bond donors (Lipinski definition) is 1. The van der Waals surface area contributed by atoms with Gasteiger partial charge in [0, 0.05) is 6.04 Å². The van der Waals surface area contributed by atoms with Gasteiger partial charge in [0.25, 0.3) is 0 Å². The molecule has 0 radical (unpaired) electrons. The molecule has 2 unspecified atom stereocenters. The van der Waals surface area contributed by atoms with Crippen molar-refractivity contribution in [3.05, 3.63) is 29.3 Å². The van der Waals surface area contributed by atoms with Gasteiger partial charge < -0.3 is 10.1 Å². The first-order chi connectivity index (χ1) is 8.67. The van der Waals surface area contributed by atoms with Gasteiger partial charge in [-0.2, -0.15) is 0 Å². The Morgan fingerprint density at radius 3 is 2.61 bits per heavy atom. The molecule has 18 heavy (non-hydrogen) atoms. The Kier molecular flexibility index (Phi) is 4.28. The fourth-order valence-corrected chi connectivity index (χ4v) is 2.82. The lowest BCUT2D eigenvalue weighted by atomic mass is 9.88. The normalized spacial score (nSPS) is 18.4. The molecule has 0 saturated heterocycles. The highest BCUT2D eigenvalue weighted by Gasteiger charge is 2.34. The molecule has 1 saturated carbocycles. The van der Waals surface area contributed by atoms with E-state index in [2.05, 4.69) is 44.3 Å². The fourth-order valence-electron chi connectivity index (χ4n) is 2.82. The molecule has 1 aliphatic rings. The van der Waals surface area contributed by atoms with Gasteiger partial charge in [0.2, 0.25) is 0 Å². The summed E-state index contributed by atoms with van der Waals surface area (Å²) in [6, 6.07) is 6.92. The molecule has 1 N–H and O–H groups in total. The molecule has 0 spiro atoms. The summed E-state index contributed by atoms with van der Waals surface area (Å²) in [6.07, 6.45) is 2.80. The van der Waals surface area contributed by atoms with Crippen LogP contribution in [0.1, 0.15) is 43.9 Å². The van der Waals surface area contributed by atoms with Crippen molar-refractivity contribution in [3.63, 3.8) is 0 Å². The van der Waals surface area contributed by atoms with Crippen molar-refractivity contribution in [2.45, 2.75) is 39.7 Å². The van der Waals surface area contributed by atoms with Gasteiger partial charge in [0.15, 0.2) is 0 Å². The minimum absolute atomic E-state index is 0.480. The summed E-state index contributed by atoms with van der Waals surface area (Å²) < 4.78 is 5.29. The second-order valence-electron chi connectivity index (χ2n) is 5.45. The molecule has 0 heterocycles. The van der Waals surface area contributed by atoms with Crippen molar-refractivity contribution >= 4 is 0 Å². The molecule has 0 bridgehead atoms. The highest BCUT2D eigenvalue weighted by atomic mass is 16.5. The molecule has 0 aromatic heterocycles. The Balaban J connectivity index is 2.23. The number of methoxy groups -OCH3 is 1. The zero-order valence-corrected chi connectivity index (χ0v) is 12.0. The molecule has 1 aliphatic carbocycles. The summed E-state index contributed by atoms with van der Waals surface area (Å²) in [5, 5.41) is 3.66. The van der Waals surface area contributed by atoms with Gasteiger partial charge in [-0.3, -0.25) is 0 Å². The molecule has 1 aromatic carbocycles. The minimum atomic E-state index is 0.480. The number of aryl methyl sites for hydroxylation is 1. The van der Waals surface area contributed by atoms with E-state index in [9.17, 15) is 0 Å². The third-order valence-corrected chi connectivity index (χ3v) is 4.13. The van der Waals surface area contributed by atoms with Gasteiger partial charge in [0.05, 0.1) is 7.11 Å². The molecular weight excluding hydrogens is 222 g/mol. The number of hydrogen-bond acceptors (Lipinski definition) is 2. The van der Waals surface area contributed by atoms with Crippen molar-refractivity contribution in [3.8, 4) is 5.75 Å². The van der Waals surface area contributed by atoms with Crippen LogP contribution < -0.4 is 10.1 Å². The smallest absolute Gasteiger partial charge is 0.119 e. The van der Waals surface area contributed by atoms with Crippen LogP contribution in [0, 0.1) is 18.8 Å². The Morgan fingerprint density at radius 2 is 2.11 bits per heavy atom. The molecule has 0 amide bonds. The predicted octanol–water partition coefficient (Wildman–Crippen LogP) is 3.70. The maximum absolute atomic E-state index is 5.29. The topological polar surface area (TPSA) is 21.3 Å². The van der Waals surface area contributed by atoms with Crippen LogP contribution in [0.4, 0.5) is 0 Å². The molecule has 1 fully saturated rings. The molecule has 1 aromatic rings. The van der Waals surface area contributed by atoms with E-state index in [1.54, 1.807) is 7.11 Å². The fraction of sp³-hybridized carbons (Fsp3) is 0.625. The number of ether oxygens (including phenoxy) is 1. The van der Waals surface area contributed by atoms with Crippen molar-refractivity contribution in [2.24, 2.45) is 11.8 Å². The van der Waals surface area contributed by atoms with Gasteiger partial charge in [-0.05, 0) is 61.4 Å². The van der Waals surface area contributed by atoms with Crippen LogP contribution in [-0.4, -0.2) is 13.7 Å². The predicted molar refractivity (Wildman–Crippen MR) is 76.0 cm³/mol. The summed E-state index contributed by atoms with van der Waals surface area (Å²) in [5.41, 5.74) is 2.75. The van der Waals surface area contributed by atoms with Crippen molar-refractivity contribution < 1.29 is 4.74 Å². The lowest BCUT2D eigenvalue weighted by Gasteiger charge is -2.27. The summed E-state index contributed by atoms with van der Waals surface area (Å²) in [4.78, 5) is 0. The van der Waals surface area contributed by atoms with E-state index in [1.807, 2.05) is 0 Å². The van der Waals surface area contributed by atoms with Gasteiger partial charge in [-0.1, -0.05) is 19.9 Å². The summed E-state index contributed by atoms with van der Waals surface area (Å²) in [5.74, 6) is 2.58. The first-order valence-corrected chi connectivity index (χ1v) is 7.05. The third-order valence-electron chi connectivity index (χ3n) is 4.13. The lowest BCUT2D eigenvalue weighted by molar-refractivity contribution is 0.353. The van der Waals surface area contributed by atoms with Crippen molar-refractivity contribution in [2.75, 3.05) is 13.7 Å². The maximum atomic E-state index is 5.29. The summed E-state index contributed by atoms with van der Waals surface area (Å²) in [7, 11) is 1.73. The minimum Gasteiger partial charge on any atom is -0.497 e. The average Bonchev–Trinajstić information content (AvgIpc) is 3.20. The van der Waals surface area contributed by atoms with Gasteiger partial charge in [0.1, 0.15) is 5.75 Å². The molecular formula is C16H25NO. The average molecular weight is 247 g/mol. The maximum Gasteiger partial charge on any atom is 0.119 e. The molecule has 2 atom stereocenters. The van der Waals surface area contributed by atoms with Crippen LogP contribution in [0.25, 0.3) is 0 Å². The SMILES string of the molecule is CCNC(c1ccc(OC)cc1C)C(C)C1CC1. The van der Waals surface area contributed by atoms with E-state index in [-0.39, 0.29) is 0 Å². The molecule has 0 aliphatic heterocycles. The lowest BCUT2D eigenvalue weighted by Crippen LogP contribution is -2.28. The molecule has 2 rings (SSSR count). The Hall–Kier alpha value is -1.02. The van der Waals surface area contributed by atoms with Gasteiger partial charge in [-0.25, -0.2) is 0 Å². The van der Waals surface area contributed by atoms with Gasteiger partial charge in [-0.15, -0.1) is 0 Å². The third kappa shape index (κ3) is 2.86. The summed E-state index contributed by atoms with van der Waals surface area (Å²) in [6.45, 7) is 7.77. The van der Waals surface area contributed by atoms with Crippen LogP contribution in [0.2, 0.25) is 0 Å². The van der Waals surface area contributed by atoms with E-state index < -0.39 is 0 Å².